The zero-order valence-corrected chi connectivity index (χ0v) is 10.7. The van der Waals surface area contributed by atoms with Crippen LogP contribution >= 0.6 is 11.8 Å². The Kier molecular flexibility index (Phi) is 5.95. The monoisotopic (exact) mass is 242 g/mol. The summed E-state index contributed by atoms with van der Waals surface area (Å²) in [6.07, 6.45) is 2.92. The largest absolute Gasteiger partial charge is 0.385 e. The van der Waals surface area contributed by atoms with Crippen molar-refractivity contribution in [1.29, 1.82) is 0 Å². The van der Waals surface area contributed by atoms with Gasteiger partial charge < -0.3 is 15.4 Å². The molecule has 1 rings (SSSR count). The third kappa shape index (κ3) is 4.24. The summed E-state index contributed by atoms with van der Waals surface area (Å²) < 4.78 is 4.98. The van der Waals surface area contributed by atoms with Gasteiger partial charge in [-0.05, 0) is 12.7 Å². The van der Waals surface area contributed by atoms with E-state index in [1.807, 2.05) is 19.4 Å². The molecule has 0 aliphatic heterocycles. The molecule has 0 saturated carbocycles. The molecule has 1 heterocycles. The lowest BCUT2D eigenvalue weighted by Crippen LogP contribution is -2.07. The number of ether oxygens (including phenoxy) is 1. The predicted molar refractivity (Wildman–Crippen MR) is 68.3 cm³/mol. The Morgan fingerprint density at radius 3 is 2.75 bits per heavy atom. The number of methoxy groups -OCH3 is 1. The highest BCUT2D eigenvalue weighted by molar-refractivity contribution is 7.98. The van der Waals surface area contributed by atoms with Gasteiger partial charge in [-0.1, -0.05) is 11.8 Å². The molecule has 0 amide bonds. The van der Waals surface area contributed by atoms with Crippen molar-refractivity contribution in [2.75, 3.05) is 44.2 Å². The topological polar surface area (TPSA) is 59.1 Å². The SMILES string of the molecule is CNc1cc(NCCCOC)nc(SC)n1. The lowest BCUT2D eigenvalue weighted by molar-refractivity contribution is 0.197. The van der Waals surface area contributed by atoms with Crippen LogP contribution in [0.4, 0.5) is 11.6 Å². The van der Waals surface area contributed by atoms with Crippen LogP contribution in [0.2, 0.25) is 0 Å². The van der Waals surface area contributed by atoms with Crippen molar-refractivity contribution in [1.82, 2.24) is 9.97 Å². The molecule has 1 aromatic heterocycles. The van der Waals surface area contributed by atoms with Gasteiger partial charge in [0.15, 0.2) is 5.16 Å². The zero-order chi connectivity index (χ0) is 11.8. The van der Waals surface area contributed by atoms with Crippen molar-refractivity contribution < 1.29 is 4.74 Å². The minimum Gasteiger partial charge on any atom is -0.385 e. The van der Waals surface area contributed by atoms with Crippen molar-refractivity contribution in [3.05, 3.63) is 6.07 Å². The lowest BCUT2D eigenvalue weighted by atomic mass is 10.4. The molecule has 0 radical (unpaired) electrons. The Bertz CT molecular complexity index is 299. The first-order valence-corrected chi connectivity index (χ1v) is 6.36. The maximum absolute atomic E-state index is 4.98. The minimum atomic E-state index is 0.756. The highest BCUT2D eigenvalue weighted by Gasteiger charge is 2.02. The van der Waals surface area contributed by atoms with E-state index in [0.717, 1.165) is 36.4 Å². The lowest BCUT2D eigenvalue weighted by Gasteiger charge is -2.08. The van der Waals surface area contributed by atoms with Crippen molar-refractivity contribution in [3.8, 4) is 0 Å². The zero-order valence-electron chi connectivity index (χ0n) is 9.91. The number of aromatic nitrogens is 2. The maximum Gasteiger partial charge on any atom is 0.191 e. The Morgan fingerprint density at radius 1 is 1.38 bits per heavy atom. The summed E-state index contributed by atoms with van der Waals surface area (Å²) in [5.41, 5.74) is 0. The van der Waals surface area contributed by atoms with E-state index in [1.54, 1.807) is 7.11 Å². The average molecular weight is 242 g/mol. The summed E-state index contributed by atoms with van der Waals surface area (Å²) in [5, 5.41) is 7.02. The minimum absolute atomic E-state index is 0.756. The maximum atomic E-state index is 4.98. The van der Waals surface area contributed by atoms with E-state index in [-0.39, 0.29) is 0 Å². The fourth-order valence-electron chi connectivity index (χ4n) is 1.17. The summed E-state index contributed by atoms with van der Waals surface area (Å²) in [6, 6.07) is 1.90. The van der Waals surface area contributed by atoms with E-state index in [4.69, 9.17) is 4.74 Å². The van der Waals surface area contributed by atoms with Crippen molar-refractivity contribution in [2.24, 2.45) is 0 Å². The third-order valence-electron chi connectivity index (χ3n) is 1.98. The molecule has 0 atom stereocenters. The first-order valence-electron chi connectivity index (χ1n) is 5.13. The van der Waals surface area contributed by atoms with Crippen LogP contribution in [-0.2, 0) is 4.74 Å². The second-order valence-electron chi connectivity index (χ2n) is 3.15. The summed E-state index contributed by atoms with van der Waals surface area (Å²) >= 11 is 1.53. The van der Waals surface area contributed by atoms with Crippen LogP contribution < -0.4 is 10.6 Å². The molecule has 90 valence electrons. The Balaban J connectivity index is 2.57. The van der Waals surface area contributed by atoms with Crippen LogP contribution in [0.3, 0.4) is 0 Å². The van der Waals surface area contributed by atoms with Crippen LogP contribution in [-0.4, -0.2) is 43.5 Å². The number of anilines is 2. The van der Waals surface area contributed by atoms with Crippen LogP contribution in [0.5, 0.6) is 0 Å². The molecule has 0 fully saturated rings. The number of rotatable bonds is 7. The molecule has 5 nitrogen and oxygen atoms in total. The molecule has 0 unspecified atom stereocenters. The molecule has 0 aliphatic carbocycles. The normalized spacial score (nSPS) is 10.2. The highest BCUT2D eigenvalue weighted by atomic mass is 32.2. The predicted octanol–water partition coefficient (Wildman–Crippen LogP) is 1.69. The van der Waals surface area contributed by atoms with E-state index in [2.05, 4.69) is 20.6 Å². The fraction of sp³-hybridized carbons (Fsp3) is 0.600. The molecular weight excluding hydrogens is 224 g/mol. The number of nitrogens with zero attached hydrogens (tertiary/aromatic N) is 2. The number of hydrogen-bond acceptors (Lipinski definition) is 6. The van der Waals surface area contributed by atoms with Gasteiger partial charge in [-0.15, -0.1) is 0 Å². The Hall–Kier alpha value is -1.01. The quantitative estimate of drug-likeness (QED) is 0.431. The van der Waals surface area contributed by atoms with Crippen LogP contribution in [0.25, 0.3) is 0 Å². The summed E-state index contributed by atoms with van der Waals surface area (Å²) in [5.74, 6) is 1.67. The second-order valence-corrected chi connectivity index (χ2v) is 3.92. The second kappa shape index (κ2) is 7.29. The average Bonchev–Trinajstić information content (AvgIpc) is 2.34. The third-order valence-corrected chi connectivity index (χ3v) is 2.52. The molecular formula is C10H18N4OS. The Labute approximate surface area is 100 Å². The van der Waals surface area contributed by atoms with E-state index in [0.29, 0.717) is 0 Å². The van der Waals surface area contributed by atoms with Crippen LogP contribution in [0, 0.1) is 0 Å². The van der Waals surface area contributed by atoms with Gasteiger partial charge >= 0.3 is 0 Å². The van der Waals surface area contributed by atoms with Crippen molar-refractivity contribution in [2.45, 2.75) is 11.6 Å². The van der Waals surface area contributed by atoms with Gasteiger partial charge in [0.2, 0.25) is 0 Å². The molecule has 2 N–H and O–H groups in total. The first kappa shape index (κ1) is 13.1. The van der Waals surface area contributed by atoms with E-state index < -0.39 is 0 Å². The van der Waals surface area contributed by atoms with Gasteiger partial charge in [-0.25, -0.2) is 9.97 Å². The summed E-state index contributed by atoms with van der Waals surface area (Å²) in [4.78, 5) is 8.65. The van der Waals surface area contributed by atoms with Gasteiger partial charge in [-0.3, -0.25) is 0 Å². The van der Waals surface area contributed by atoms with Gasteiger partial charge in [0.1, 0.15) is 11.6 Å². The smallest absolute Gasteiger partial charge is 0.191 e. The summed E-state index contributed by atoms with van der Waals surface area (Å²) in [6.45, 7) is 1.61. The Morgan fingerprint density at radius 2 is 2.12 bits per heavy atom. The molecule has 0 aliphatic rings. The van der Waals surface area contributed by atoms with Gasteiger partial charge in [-0.2, -0.15) is 0 Å². The standard InChI is InChI=1S/C10H18N4OS/c1-11-8-7-9(12-5-4-6-15-2)14-10(13-8)16-3/h7H,4-6H2,1-3H3,(H2,11,12,13,14). The van der Waals surface area contributed by atoms with Gasteiger partial charge in [0, 0.05) is 33.4 Å². The molecule has 0 bridgehead atoms. The van der Waals surface area contributed by atoms with E-state index in [1.165, 1.54) is 11.8 Å². The van der Waals surface area contributed by atoms with Gasteiger partial charge in [0.05, 0.1) is 0 Å². The number of thioether (sulfide) groups is 1. The van der Waals surface area contributed by atoms with Crippen molar-refractivity contribution in [3.63, 3.8) is 0 Å². The number of hydrogen-bond donors (Lipinski definition) is 2. The van der Waals surface area contributed by atoms with E-state index >= 15 is 0 Å². The molecule has 0 aromatic carbocycles. The molecule has 0 spiro atoms. The molecule has 1 aromatic rings. The highest BCUT2D eigenvalue weighted by Crippen LogP contribution is 2.16. The summed E-state index contributed by atoms with van der Waals surface area (Å²) in [7, 11) is 3.55. The molecule has 0 saturated heterocycles. The fourth-order valence-corrected chi connectivity index (χ4v) is 1.55. The first-order chi connectivity index (χ1) is 7.80. The molecule has 16 heavy (non-hydrogen) atoms. The van der Waals surface area contributed by atoms with E-state index in [9.17, 15) is 0 Å². The van der Waals surface area contributed by atoms with Crippen LogP contribution in [0.15, 0.2) is 11.2 Å². The van der Waals surface area contributed by atoms with Crippen LogP contribution in [0.1, 0.15) is 6.42 Å². The molecule has 6 heteroatoms. The van der Waals surface area contributed by atoms with Crippen molar-refractivity contribution >= 4 is 23.4 Å². The number of nitrogens with one attached hydrogen (secondary N) is 2. The van der Waals surface area contributed by atoms with Gasteiger partial charge in [0.25, 0.3) is 0 Å².